The van der Waals surface area contributed by atoms with Crippen LogP contribution in [0.15, 0.2) is 206 Å². The Balaban J connectivity index is 1.09. The van der Waals surface area contributed by atoms with Crippen molar-refractivity contribution in [1.82, 2.24) is 0 Å². The monoisotopic (exact) mass is 899 g/mol. The van der Waals surface area contributed by atoms with E-state index in [1.165, 1.54) is 106 Å². The van der Waals surface area contributed by atoms with E-state index in [2.05, 4.69) is 249 Å². The molecule has 4 heterocycles. The lowest BCUT2D eigenvalue weighted by Gasteiger charge is -2.54. The fourth-order valence-corrected chi connectivity index (χ4v) is 15.2. The van der Waals surface area contributed by atoms with E-state index in [1.807, 2.05) is 0 Å². The number of para-hydroxylation sites is 2. The second-order valence-electron chi connectivity index (χ2n) is 21.8. The molecule has 9 aromatic rings. The molecule has 4 unspecified atom stereocenters. The van der Waals surface area contributed by atoms with Crippen LogP contribution in [0.3, 0.4) is 0 Å². The van der Waals surface area contributed by atoms with Crippen LogP contribution in [0.4, 0.5) is 39.8 Å². The van der Waals surface area contributed by atoms with Gasteiger partial charge in [-0.15, -0.1) is 0 Å². The van der Waals surface area contributed by atoms with Gasteiger partial charge >= 0.3 is 0 Å². The molecular formula is C66H54BN3. The van der Waals surface area contributed by atoms with Crippen LogP contribution >= 0.6 is 0 Å². The highest BCUT2D eigenvalue weighted by molar-refractivity contribution is 7.00. The van der Waals surface area contributed by atoms with Gasteiger partial charge in [0, 0.05) is 50.6 Å². The second-order valence-corrected chi connectivity index (χ2v) is 21.8. The summed E-state index contributed by atoms with van der Waals surface area (Å²) >= 11 is 0. The minimum atomic E-state index is -0.365. The highest BCUT2D eigenvalue weighted by atomic mass is 15.3. The number of anilines is 7. The Morgan fingerprint density at radius 1 is 0.371 bits per heavy atom. The summed E-state index contributed by atoms with van der Waals surface area (Å²) in [5, 5.41) is 0. The number of aryl methyl sites for hydroxylation is 2. The molecule has 15 rings (SSSR count). The van der Waals surface area contributed by atoms with Gasteiger partial charge in [0.2, 0.25) is 0 Å². The molecule has 0 bridgehead atoms. The predicted octanol–water partition coefficient (Wildman–Crippen LogP) is 14.2. The lowest BCUT2D eigenvalue weighted by Crippen LogP contribution is -2.64. The Morgan fingerprint density at radius 2 is 0.914 bits per heavy atom. The first-order valence-corrected chi connectivity index (χ1v) is 25.6. The largest absolute Gasteiger partial charge is 0.331 e. The van der Waals surface area contributed by atoms with E-state index in [4.69, 9.17) is 0 Å². The Morgan fingerprint density at radius 3 is 1.61 bits per heavy atom. The normalized spacial score (nSPS) is 23.6. The lowest BCUT2D eigenvalue weighted by molar-refractivity contribution is 0.244. The number of fused-ring (bicyclic) bond motifs is 14. The molecule has 4 heteroatoms. The fraction of sp³-hybridized carbons (Fsp3) is 0.182. The Bertz CT molecular complexity index is 3680. The third-order valence-corrected chi connectivity index (χ3v) is 18.9. The van der Waals surface area contributed by atoms with Crippen LogP contribution in [0.2, 0.25) is 0 Å². The van der Waals surface area contributed by atoms with Gasteiger partial charge in [-0.1, -0.05) is 184 Å². The number of benzene rings is 9. The lowest BCUT2D eigenvalue weighted by atomic mass is 9.33. The third kappa shape index (κ3) is 4.92. The molecule has 0 amide bonds. The average molecular weight is 900 g/mol. The number of nitrogens with zero attached hydrogens (tertiary/aromatic N) is 3. The van der Waals surface area contributed by atoms with Crippen LogP contribution in [0.5, 0.6) is 0 Å². The van der Waals surface area contributed by atoms with Crippen LogP contribution in [0.1, 0.15) is 73.9 Å². The Hall–Kier alpha value is -7.56. The van der Waals surface area contributed by atoms with Crippen LogP contribution in [0, 0.1) is 0 Å². The van der Waals surface area contributed by atoms with Crippen molar-refractivity contribution in [1.29, 1.82) is 0 Å². The third-order valence-electron chi connectivity index (χ3n) is 18.9. The van der Waals surface area contributed by atoms with Crippen molar-refractivity contribution in [2.75, 3.05) is 14.7 Å². The summed E-state index contributed by atoms with van der Waals surface area (Å²) < 4.78 is 0. The van der Waals surface area contributed by atoms with Crippen molar-refractivity contribution in [3.8, 4) is 22.3 Å². The molecule has 336 valence electrons. The summed E-state index contributed by atoms with van der Waals surface area (Å²) in [6.07, 6.45) is 4.30. The molecule has 4 aliphatic heterocycles. The van der Waals surface area contributed by atoms with Crippen molar-refractivity contribution in [2.45, 2.75) is 75.3 Å². The van der Waals surface area contributed by atoms with E-state index >= 15 is 0 Å². The molecule has 0 aromatic heterocycles. The van der Waals surface area contributed by atoms with Gasteiger partial charge in [-0.2, -0.15) is 0 Å². The maximum atomic E-state index is 2.87. The predicted molar refractivity (Wildman–Crippen MR) is 293 cm³/mol. The Labute approximate surface area is 412 Å². The standard InChI is InChI=1S/C66H54BN3/c1-63-37-35-45-23-11-13-27-51(45)65(63,3)69(57-32-16-15-29-53(57)63)50-41-59-61-60(42-50)70-62-54(64(2)38-36-46-24-12-14-28-52(46)66(64,70)4)30-18-31-56(62)67(61)55-34-33-48(44-21-9-6-10-22-44)40-58(55)68(59)49-26-17-25-47(39-49)43-19-7-5-8-20-43/h5-34,39-42H,35-38H2,1-4H3. The summed E-state index contributed by atoms with van der Waals surface area (Å²) in [7, 11) is 0. The molecule has 3 nitrogen and oxygen atoms in total. The van der Waals surface area contributed by atoms with E-state index in [0.29, 0.717) is 0 Å². The first-order valence-electron chi connectivity index (χ1n) is 25.6. The topological polar surface area (TPSA) is 9.72 Å². The molecule has 0 N–H and O–H groups in total. The van der Waals surface area contributed by atoms with Crippen LogP contribution in [-0.4, -0.2) is 6.71 Å². The van der Waals surface area contributed by atoms with E-state index in [0.717, 1.165) is 31.4 Å². The van der Waals surface area contributed by atoms with E-state index in [1.54, 1.807) is 0 Å². The van der Waals surface area contributed by atoms with Gasteiger partial charge < -0.3 is 14.7 Å². The SMILES string of the molecule is CC12CCc3ccccc3C1(C)N(c1cc3c4c(c1)N1c5c(cccc5C5(C)CCc6ccccc6C15C)B4c1ccc(-c4ccccc4)cc1N3c1cccc(-c3ccccc3)c1)c1ccccc12. The van der Waals surface area contributed by atoms with Crippen molar-refractivity contribution in [3.05, 3.63) is 240 Å². The molecule has 70 heavy (non-hydrogen) atoms. The molecule has 0 radical (unpaired) electrons. The zero-order chi connectivity index (χ0) is 46.7. The van der Waals surface area contributed by atoms with Crippen LogP contribution in [0.25, 0.3) is 22.3 Å². The van der Waals surface area contributed by atoms with Crippen molar-refractivity contribution in [3.63, 3.8) is 0 Å². The van der Waals surface area contributed by atoms with Crippen LogP contribution < -0.4 is 31.1 Å². The van der Waals surface area contributed by atoms with Gasteiger partial charge in [-0.3, -0.25) is 0 Å². The quantitative estimate of drug-likeness (QED) is 0.163. The van der Waals surface area contributed by atoms with Crippen molar-refractivity contribution in [2.24, 2.45) is 0 Å². The molecule has 0 fully saturated rings. The van der Waals surface area contributed by atoms with E-state index in [9.17, 15) is 0 Å². The molecule has 0 spiro atoms. The van der Waals surface area contributed by atoms with E-state index in [-0.39, 0.29) is 28.6 Å². The minimum Gasteiger partial charge on any atom is -0.331 e. The maximum Gasteiger partial charge on any atom is 0.252 e. The fourth-order valence-electron chi connectivity index (χ4n) is 15.2. The van der Waals surface area contributed by atoms with Crippen LogP contribution in [-0.2, 0) is 34.7 Å². The first-order chi connectivity index (χ1) is 34.2. The molecule has 0 saturated heterocycles. The average Bonchev–Trinajstić information content (AvgIpc) is 3.76. The minimum absolute atomic E-state index is 0.0170. The molecule has 6 aliphatic rings. The Kier molecular flexibility index (Phi) is 8.09. The zero-order valence-electron chi connectivity index (χ0n) is 40.4. The number of rotatable bonds is 4. The van der Waals surface area contributed by atoms with Gasteiger partial charge in [0.1, 0.15) is 0 Å². The molecule has 2 aliphatic carbocycles. The number of hydrogen-bond acceptors (Lipinski definition) is 3. The summed E-state index contributed by atoms with van der Waals surface area (Å²) in [4.78, 5) is 8.30. The highest BCUT2D eigenvalue weighted by Gasteiger charge is 2.64. The van der Waals surface area contributed by atoms with Gasteiger partial charge in [-0.05, 0) is 148 Å². The van der Waals surface area contributed by atoms with Crippen molar-refractivity contribution < 1.29 is 0 Å². The first kappa shape index (κ1) is 40.3. The summed E-state index contributed by atoms with van der Waals surface area (Å²) in [5.41, 5.74) is 25.7. The summed E-state index contributed by atoms with van der Waals surface area (Å²) in [6.45, 7) is 10.3. The second kappa shape index (κ2) is 14.0. The summed E-state index contributed by atoms with van der Waals surface area (Å²) in [5.74, 6) is 0. The van der Waals surface area contributed by atoms with Gasteiger partial charge in [0.05, 0.1) is 11.1 Å². The highest BCUT2D eigenvalue weighted by Crippen LogP contribution is 2.67. The number of hydrogen-bond donors (Lipinski definition) is 0. The smallest absolute Gasteiger partial charge is 0.252 e. The van der Waals surface area contributed by atoms with Gasteiger partial charge in [0.15, 0.2) is 0 Å². The van der Waals surface area contributed by atoms with Gasteiger partial charge in [-0.25, -0.2) is 0 Å². The molecule has 9 aromatic carbocycles. The summed E-state index contributed by atoms with van der Waals surface area (Å²) in [6, 6.07) is 79.1. The zero-order valence-corrected chi connectivity index (χ0v) is 40.4. The molecule has 0 saturated carbocycles. The van der Waals surface area contributed by atoms with Gasteiger partial charge in [0.25, 0.3) is 6.71 Å². The molecular weight excluding hydrogens is 846 g/mol. The molecule has 4 atom stereocenters. The van der Waals surface area contributed by atoms with E-state index < -0.39 is 0 Å². The van der Waals surface area contributed by atoms with Crippen molar-refractivity contribution >= 4 is 62.9 Å². The maximum absolute atomic E-state index is 2.87.